The number of carbonyl (C=O) groups excluding carboxylic acids is 1. The van der Waals surface area contributed by atoms with Crippen molar-refractivity contribution >= 4 is 28.2 Å². The third-order valence-electron chi connectivity index (χ3n) is 4.71. The minimum atomic E-state index is -0.0860. The Labute approximate surface area is 166 Å². The first-order valence-electron chi connectivity index (χ1n) is 9.26. The van der Waals surface area contributed by atoms with Crippen LogP contribution in [0.1, 0.15) is 37.0 Å². The molecular formula is C21H20N4O2S. The van der Waals surface area contributed by atoms with Crippen LogP contribution in [0.5, 0.6) is 0 Å². The number of nitrogens with zero attached hydrogens (tertiary/aromatic N) is 3. The molecule has 0 unspecified atom stereocenters. The molecule has 4 rings (SSSR count). The van der Waals surface area contributed by atoms with Gasteiger partial charge in [0.1, 0.15) is 16.4 Å². The van der Waals surface area contributed by atoms with Crippen molar-refractivity contribution in [2.45, 2.75) is 32.7 Å². The minimum Gasteiger partial charge on any atom is -0.356 e. The molecule has 0 aliphatic heterocycles. The molecule has 0 bridgehead atoms. The molecule has 0 radical (unpaired) electrons. The SMILES string of the molecule is CCC(CC)NC(=O)c1ccc2onc(-c3csc(-c4cccnc4)n3)c2c1. The zero-order valence-corrected chi connectivity index (χ0v) is 16.5. The van der Waals surface area contributed by atoms with Crippen LogP contribution in [0, 0.1) is 0 Å². The molecule has 142 valence electrons. The lowest BCUT2D eigenvalue weighted by Gasteiger charge is -2.14. The summed E-state index contributed by atoms with van der Waals surface area (Å²) in [6.07, 6.45) is 5.32. The van der Waals surface area contributed by atoms with Gasteiger partial charge >= 0.3 is 0 Å². The number of rotatable bonds is 6. The van der Waals surface area contributed by atoms with Crippen LogP contribution >= 0.6 is 11.3 Å². The number of hydrogen-bond acceptors (Lipinski definition) is 6. The second-order valence-electron chi connectivity index (χ2n) is 6.51. The Morgan fingerprint density at radius 1 is 1.25 bits per heavy atom. The predicted octanol–water partition coefficient (Wildman–Crippen LogP) is 4.93. The van der Waals surface area contributed by atoms with Gasteiger partial charge in [-0.1, -0.05) is 19.0 Å². The highest BCUT2D eigenvalue weighted by Crippen LogP contribution is 2.32. The first-order chi connectivity index (χ1) is 13.7. The van der Waals surface area contributed by atoms with E-state index in [9.17, 15) is 4.79 Å². The fourth-order valence-electron chi connectivity index (χ4n) is 3.03. The maximum absolute atomic E-state index is 12.6. The fraction of sp³-hybridized carbons (Fsp3) is 0.238. The Morgan fingerprint density at radius 3 is 2.86 bits per heavy atom. The van der Waals surface area contributed by atoms with Crippen molar-refractivity contribution in [3.05, 3.63) is 53.7 Å². The van der Waals surface area contributed by atoms with Crippen LogP contribution in [-0.2, 0) is 0 Å². The minimum absolute atomic E-state index is 0.0860. The van der Waals surface area contributed by atoms with Crippen LogP contribution in [-0.4, -0.2) is 27.1 Å². The summed E-state index contributed by atoms with van der Waals surface area (Å²) >= 11 is 1.52. The van der Waals surface area contributed by atoms with Gasteiger partial charge in [0.2, 0.25) is 0 Å². The van der Waals surface area contributed by atoms with Gasteiger partial charge in [-0.05, 0) is 43.2 Å². The van der Waals surface area contributed by atoms with Gasteiger partial charge in [0.25, 0.3) is 5.91 Å². The summed E-state index contributed by atoms with van der Waals surface area (Å²) < 4.78 is 5.45. The molecule has 0 aliphatic rings. The Morgan fingerprint density at radius 2 is 2.11 bits per heavy atom. The van der Waals surface area contributed by atoms with Gasteiger partial charge in [0.15, 0.2) is 5.58 Å². The van der Waals surface area contributed by atoms with Crippen LogP contribution in [0.25, 0.3) is 32.9 Å². The number of thiazole rings is 1. The van der Waals surface area contributed by atoms with E-state index >= 15 is 0 Å². The quantitative estimate of drug-likeness (QED) is 0.503. The van der Waals surface area contributed by atoms with Crippen LogP contribution in [0.2, 0.25) is 0 Å². The summed E-state index contributed by atoms with van der Waals surface area (Å²) in [7, 11) is 0. The van der Waals surface area contributed by atoms with Crippen LogP contribution in [0.15, 0.2) is 52.6 Å². The van der Waals surface area contributed by atoms with Gasteiger partial charge in [0.05, 0.1) is 5.39 Å². The zero-order chi connectivity index (χ0) is 19.5. The number of amides is 1. The van der Waals surface area contributed by atoms with Gasteiger partial charge in [-0.25, -0.2) is 4.98 Å². The van der Waals surface area contributed by atoms with E-state index < -0.39 is 0 Å². The van der Waals surface area contributed by atoms with E-state index in [1.54, 1.807) is 24.5 Å². The van der Waals surface area contributed by atoms with Crippen LogP contribution in [0.3, 0.4) is 0 Å². The maximum Gasteiger partial charge on any atom is 0.251 e. The number of fused-ring (bicyclic) bond motifs is 1. The monoisotopic (exact) mass is 392 g/mol. The van der Waals surface area contributed by atoms with Crippen molar-refractivity contribution < 1.29 is 9.32 Å². The number of carbonyl (C=O) groups is 1. The number of benzene rings is 1. The highest BCUT2D eigenvalue weighted by Gasteiger charge is 2.17. The Balaban J connectivity index is 1.67. The Kier molecular flexibility index (Phi) is 5.16. The average molecular weight is 392 g/mol. The average Bonchev–Trinajstić information content (AvgIpc) is 3.38. The van der Waals surface area contributed by atoms with E-state index in [2.05, 4.69) is 34.3 Å². The molecule has 0 aliphatic carbocycles. The molecule has 1 N–H and O–H groups in total. The lowest BCUT2D eigenvalue weighted by atomic mass is 10.1. The van der Waals surface area contributed by atoms with E-state index in [0.717, 1.165) is 34.5 Å². The van der Waals surface area contributed by atoms with E-state index in [-0.39, 0.29) is 11.9 Å². The Hall–Kier alpha value is -3.06. The zero-order valence-electron chi connectivity index (χ0n) is 15.7. The molecule has 3 aromatic heterocycles. The fourth-order valence-corrected chi connectivity index (χ4v) is 3.83. The first kappa shape index (κ1) is 18.3. The third-order valence-corrected chi connectivity index (χ3v) is 5.60. The molecule has 0 spiro atoms. The van der Waals surface area contributed by atoms with E-state index in [0.29, 0.717) is 16.8 Å². The highest BCUT2D eigenvalue weighted by atomic mass is 32.1. The van der Waals surface area contributed by atoms with E-state index in [1.165, 1.54) is 11.3 Å². The number of aromatic nitrogens is 3. The van der Waals surface area contributed by atoms with Crippen LogP contribution in [0.4, 0.5) is 0 Å². The van der Waals surface area contributed by atoms with Crippen molar-refractivity contribution in [3.63, 3.8) is 0 Å². The molecule has 4 aromatic rings. The number of hydrogen-bond donors (Lipinski definition) is 1. The highest BCUT2D eigenvalue weighted by molar-refractivity contribution is 7.13. The van der Waals surface area contributed by atoms with Crippen molar-refractivity contribution in [1.29, 1.82) is 0 Å². The van der Waals surface area contributed by atoms with Gasteiger partial charge in [-0.2, -0.15) is 0 Å². The summed E-state index contributed by atoms with van der Waals surface area (Å²) in [5.41, 5.74) is 3.53. The molecule has 0 atom stereocenters. The lowest BCUT2D eigenvalue weighted by molar-refractivity contribution is 0.0935. The van der Waals surface area contributed by atoms with Crippen molar-refractivity contribution in [2.75, 3.05) is 0 Å². The number of pyridine rings is 1. The maximum atomic E-state index is 12.6. The first-order valence-corrected chi connectivity index (χ1v) is 10.1. The standard InChI is InChI=1S/C21H20N4O2S/c1-3-15(4-2)23-20(26)13-7-8-18-16(10-13)19(25-27-18)17-12-28-21(24-17)14-6-5-9-22-11-14/h5-12,15H,3-4H2,1-2H3,(H,23,26). The van der Waals surface area contributed by atoms with Crippen molar-refractivity contribution in [3.8, 4) is 22.0 Å². The summed E-state index contributed by atoms with van der Waals surface area (Å²) in [4.78, 5) is 21.4. The Bertz CT molecular complexity index is 1100. The lowest BCUT2D eigenvalue weighted by Crippen LogP contribution is -2.33. The molecule has 1 aromatic carbocycles. The topological polar surface area (TPSA) is 80.9 Å². The second kappa shape index (κ2) is 7.90. The molecule has 0 saturated carbocycles. The van der Waals surface area contributed by atoms with E-state index in [1.807, 2.05) is 23.6 Å². The summed E-state index contributed by atoms with van der Waals surface area (Å²) in [5.74, 6) is -0.0860. The van der Waals surface area contributed by atoms with Gasteiger partial charge in [-0.3, -0.25) is 9.78 Å². The van der Waals surface area contributed by atoms with Gasteiger partial charge in [0, 0.05) is 34.9 Å². The van der Waals surface area contributed by atoms with Gasteiger partial charge in [-0.15, -0.1) is 11.3 Å². The molecule has 0 fully saturated rings. The van der Waals surface area contributed by atoms with Crippen molar-refractivity contribution in [2.24, 2.45) is 0 Å². The van der Waals surface area contributed by atoms with Crippen molar-refractivity contribution in [1.82, 2.24) is 20.4 Å². The predicted molar refractivity (Wildman–Crippen MR) is 110 cm³/mol. The molecule has 0 saturated heterocycles. The smallest absolute Gasteiger partial charge is 0.251 e. The molecule has 7 heteroatoms. The second-order valence-corrected chi connectivity index (χ2v) is 7.37. The summed E-state index contributed by atoms with van der Waals surface area (Å²) in [6, 6.07) is 9.38. The molecular weight excluding hydrogens is 372 g/mol. The summed E-state index contributed by atoms with van der Waals surface area (Å²) in [5, 5.41) is 10.8. The summed E-state index contributed by atoms with van der Waals surface area (Å²) in [6.45, 7) is 4.13. The molecule has 3 heterocycles. The van der Waals surface area contributed by atoms with Crippen LogP contribution < -0.4 is 5.32 Å². The molecule has 1 amide bonds. The van der Waals surface area contributed by atoms with Gasteiger partial charge < -0.3 is 9.84 Å². The normalized spacial score (nSPS) is 11.2. The number of nitrogens with one attached hydrogen (secondary N) is 1. The molecule has 6 nitrogen and oxygen atoms in total. The van der Waals surface area contributed by atoms with E-state index in [4.69, 9.17) is 4.52 Å². The third kappa shape index (κ3) is 3.53. The largest absolute Gasteiger partial charge is 0.356 e. The molecule has 28 heavy (non-hydrogen) atoms.